The predicted molar refractivity (Wildman–Crippen MR) is 72.9 cm³/mol. The van der Waals surface area contributed by atoms with Crippen molar-refractivity contribution in [3.63, 3.8) is 0 Å². The number of esters is 1. The molecule has 0 saturated carbocycles. The minimum Gasteiger partial charge on any atom is -0.478 e. The van der Waals surface area contributed by atoms with E-state index in [1.807, 2.05) is 0 Å². The number of carboxylic acid groups (broad SMARTS) is 1. The van der Waals surface area contributed by atoms with E-state index in [1.165, 1.54) is 0 Å². The van der Waals surface area contributed by atoms with Crippen LogP contribution in [0.25, 0.3) is 0 Å². The van der Waals surface area contributed by atoms with E-state index in [1.54, 1.807) is 0 Å². The van der Waals surface area contributed by atoms with E-state index in [2.05, 4.69) is 20.7 Å². The molecule has 0 atom stereocenters. The van der Waals surface area contributed by atoms with E-state index in [0.29, 0.717) is 4.31 Å². The van der Waals surface area contributed by atoms with Crippen LogP contribution < -0.4 is 0 Å². The minimum absolute atomic E-state index is 0.0753. The van der Waals surface area contributed by atoms with Crippen LogP contribution in [0, 0.1) is 5.82 Å². The molecule has 0 heterocycles. The summed E-state index contributed by atoms with van der Waals surface area (Å²) in [6, 6.07) is 1.86. The van der Waals surface area contributed by atoms with Gasteiger partial charge in [-0.3, -0.25) is 4.79 Å². The molecule has 1 rings (SSSR count). The Balaban J connectivity index is 3.38. The summed E-state index contributed by atoms with van der Waals surface area (Å²) in [6.07, 6.45) is 0. The van der Waals surface area contributed by atoms with Crippen molar-refractivity contribution in [3.05, 3.63) is 28.0 Å². The van der Waals surface area contributed by atoms with Gasteiger partial charge < -0.3 is 9.84 Å². The minimum atomic E-state index is -4.39. The first kappa shape index (κ1) is 17.5. The average molecular weight is 384 g/mol. The Kier molecular flexibility index (Phi) is 5.42. The monoisotopic (exact) mass is 383 g/mol. The molecule has 7 nitrogen and oxygen atoms in total. The van der Waals surface area contributed by atoms with Crippen molar-refractivity contribution in [2.75, 3.05) is 20.7 Å². The SMILES string of the molecule is COC(=O)CN(C)S(=O)(=O)c1cc(Br)cc(C(=O)O)c1F. The molecule has 1 aromatic rings. The second-order valence-electron chi connectivity index (χ2n) is 3.91. The molecular formula is C11H11BrFNO6S. The molecule has 0 aliphatic carbocycles. The molecule has 1 aromatic carbocycles. The maximum atomic E-state index is 14.1. The van der Waals surface area contributed by atoms with Crippen LogP contribution in [0.5, 0.6) is 0 Å². The van der Waals surface area contributed by atoms with Crippen LogP contribution in [0.4, 0.5) is 4.39 Å². The van der Waals surface area contributed by atoms with Crippen molar-refractivity contribution in [1.29, 1.82) is 0 Å². The summed E-state index contributed by atoms with van der Waals surface area (Å²) in [4.78, 5) is 21.2. The zero-order valence-electron chi connectivity index (χ0n) is 11.0. The molecule has 0 unspecified atom stereocenters. The zero-order valence-corrected chi connectivity index (χ0v) is 13.4. The second-order valence-corrected chi connectivity index (χ2v) is 6.84. The van der Waals surface area contributed by atoms with Crippen LogP contribution >= 0.6 is 15.9 Å². The normalized spacial score (nSPS) is 11.5. The third kappa shape index (κ3) is 3.77. The lowest BCUT2D eigenvalue weighted by atomic mass is 10.2. The largest absolute Gasteiger partial charge is 0.478 e. The number of hydrogen-bond donors (Lipinski definition) is 1. The van der Waals surface area contributed by atoms with Crippen molar-refractivity contribution in [1.82, 2.24) is 4.31 Å². The van der Waals surface area contributed by atoms with E-state index in [9.17, 15) is 22.4 Å². The molecule has 0 fully saturated rings. The summed E-state index contributed by atoms with van der Waals surface area (Å²) in [5, 5.41) is 8.86. The molecule has 0 spiro atoms. The number of benzene rings is 1. The van der Waals surface area contributed by atoms with E-state index >= 15 is 0 Å². The number of methoxy groups -OCH3 is 1. The van der Waals surface area contributed by atoms with Crippen LogP contribution in [-0.4, -0.2) is 50.5 Å². The fraction of sp³-hybridized carbons (Fsp3) is 0.273. The van der Waals surface area contributed by atoms with E-state index in [-0.39, 0.29) is 4.47 Å². The number of carbonyl (C=O) groups is 2. The molecule has 0 aromatic heterocycles. The zero-order chi connectivity index (χ0) is 16.4. The van der Waals surface area contributed by atoms with Crippen LogP contribution in [0.15, 0.2) is 21.5 Å². The summed E-state index contributed by atoms with van der Waals surface area (Å²) in [5.74, 6) is -3.85. The van der Waals surface area contributed by atoms with Gasteiger partial charge in [-0.25, -0.2) is 17.6 Å². The van der Waals surface area contributed by atoms with E-state index in [0.717, 1.165) is 26.3 Å². The van der Waals surface area contributed by atoms with Gasteiger partial charge in [0.2, 0.25) is 10.0 Å². The third-order valence-corrected chi connectivity index (χ3v) is 4.76. The lowest BCUT2D eigenvalue weighted by Crippen LogP contribution is -2.33. The number of aromatic carboxylic acids is 1. The van der Waals surface area contributed by atoms with Crippen LogP contribution in [0.1, 0.15) is 10.4 Å². The summed E-state index contributed by atoms with van der Waals surface area (Å²) < 4.78 is 43.4. The molecule has 0 bridgehead atoms. The Bertz CT molecular complexity index is 690. The van der Waals surface area contributed by atoms with E-state index < -0.39 is 44.8 Å². The lowest BCUT2D eigenvalue weighted by molar-refractivity contribution is -0.140. The van der Waals surface area contributed by atoms with Gasteiger partial charge in [-0.15, -0.1) is 0 Å². The van der Waals surface area contributed by atoms with Crippen molar-refractivity contribution < 1.29 is 32.2 Å². The maximum Gasteiger partial charge on any atom is 0.338 e. The number of sulfonamides is 1. The molecule has 0 aliphatic rings. The Hall–Kier alpha value is -1.52. The number of likely N-dealkylation sites (N-methyl/N-ethyl adjacent to an activating group) is 1. The number of carboxylic acids is 1. The summed E-state index contributed by atoms with van der Waals surface area (Å²) >= 11 is 2.92. The van der Waals surface area contributed by atoms with Crippen molar-refractivity contribution in [2.24, 2.45) is 0 Å². The summed E-state index contributed by atoms with van der Waals surface area (Å²) in [6.45, 7) is -0.632. The first-order chi connectivity index (χ1) is 9.61. The number of hydrogen-bond acceptors (Lipinski definition) is 5. The van der Waals surface area contributed by atoms with Crippen LogP contribution in [0.3, 0.4) is 0 Å². The molecule has 0 amide bonds. The Morgan fingerprint density at radius 3 is 2.48 bits per heavy atom. The average Bonchev–Trinajstić information content (AvgIpc) is 2.40. The molecule has 1 N–H and O–H groups in total. The first-order valence-corrected chi connectivity index (χ1v) is 7.60. The maximum absolute atomic E-state index is 14.1. The molecule has 10 heteroatoms. The van der Waals surface area contributed by atoms with Gasteiger partial charge in [-0.2, -0.15) is 4.31 Å². The fourth-order valence-corrected chi connectivity index (χ4v) is 3.24. The highest BCUT2D eigenvalue weighted by atomic mass is 79.9. The van der Waals surface area contributed by atoms with Crippen LogP contribution in [0.2, 0.25) is 0 Å². The van der Waals surface area contributed by atoms with Gasteiger partial charge in [-0.05, 0) is 12.1 Å². The number of halogens is 2. The Morgan fingerprint density at radius 2 is 2.00 bits per heavy atom. The molecule has 0 aliphatic heterocycles. The molecular weight excluding hydrogens is 373 g/mol. The topological polar surface area (TPSA) is 101 Å². The first-order valence-electron chi connectivity index (χ1n) is 5.36. The number of ether oxygens (including phenoxy) is 1. The number of nitrogens with zero attached hydrogens (tertiary/aromatic N) is 1. The summed E-state index contributed by atoms with van der Waals surface area (Å²) in [5.41, 5.74) is -0.797. The highest BCUT2D eigenvalue weighted by molar-refractivity contribution is 9.10. The Labute approximate surface area is 128 Å². The molecule has 116 valence electrons. The fourth-order valence-electron chi connectivity index (χ4n) is 1.41. The van der Waals surface area contributed by atoms with Gasteiger partial charge in [0.25, 0.3) is 0 Å². The van der Waals surface area contributed by atoms with Gasteiger partial charge in [0.1, 0.15) is 11.4 Å². The van der Waals surface area contributed by atoms with Crippen molar-refractivity contribution in [3.8, 4) is 0 Å². The number of rotatable bonds is 5. The quantitative estimate of drug-likeness (QED) is 0.763. The highest BCUT2D eigenvalue weighted by Crippen LogP contribution is 2.26. The standard InChI is InChI=1S/C11H11BrFNO6S/c1-14(5-9(15)20-2)21(18,19)8-4-6(12)3-7(10(8)13)11(16)17/h3-4H,5H2,1-2H3,(H,16,17). The highest BCUT2D eigenvalue weighted by Gasteiger charge is 2.29. The third-order valence-electron chi connectivity index (χ3n) is 2.50. The van der Waals surface area contributed by atoms with Gasteiger partial charge in [0.05, 0.1) is 12.7 Å². The predicted octanol–water partition coefficient (Wildman–Crippen LogP) is 1.08. The van der Waals surface area contributed by atoms with Crippen molar-refractivity contribution >= 4 is 37.9 Å². The molecule has 0 radical (unpaired) electrons. The van der Waals surface area contributed by atoms with Crippen molar-refractivity contribution in [2.45, 2.75) is 4.90 Å². The van der Waals surface area contributed by atoms with Gasteiger partial charge in [0.15, 0.2) is 5.82 Å². The Morgan fingerprint density at radius 1 is 1.43 bits per heavy atom. The summed E-state index contributed by atoms with van der Waals surface area (Å²) in [7, 11) is -2.27. The lowest BCUT2D eigenvalue weighted by Gasteiger charge is -2.17. The second kappa shape index (κ2) is 6.50. The van der Waals surface area contributed by atoms with Gasteiger partial charge >= 0.3 is 11.9 Å². The smallest absolute Gasteiger partial charge is 0.338 e. The van der Waals surface area contributed by atoms with E-state index in [4.69, 9.17) is 5.11 Å². The molecule has 21 heavy (non-hydrogen) atoms. The van der Waals surface area contributed by atoms with Crippen LogP contribution in [-0.2, 0) is 19.6 Å². The van der Waals surface area contributed by atoms with Gasteiger partial charge in [0, 0.05) is 11.5 Å². The number of carbonyl (C=O) groups excluding carboxylic acids is 1. The molecule has 0 saturated heterocycles. The van der Waals surface area contributed by atoms with Gasteiger partial charge in [-0.1, -0.05) is 15.9 Å².